The average molecular weight is 291 g/mol. The first kappa shape index (κ1) is 12.5. The summed E-state index contributed by atoms with van der Waals surface area (Å²) in [6.07, 6.45) is 0. The van der Waals surface area contributed by atoms with Crippen LogP contribution in [0.25, 0.3) is 0 Å². The molecule has 1 aromatic rings. The second-order valence-electron chi connectivity index (χ2n) is 3.37. The third kappa shape index (κ3) is 3.50. The van der Waals surface area contributed by atoms with E-state index in [1.54, 1.807) is 6.92 Å². The van der Waals surface area contributed by atoms with Crippen molar-refractivity contribution in [2.45, 2.75) is 25.3 Å². The minimum atomic E-state index is -0.505. The SMILES string of the molecule is CC(Cl)C(=O)NC(C)c1ccccc1Br. The molecule has 1 aromatic carbocycles. The van der Waals surface area contributed by atoms with Crippen molar-refractivity contribution in [2.75, 3.05) is 0 Å². The standard InChI is InChI=1S/C11H13BrClNO/c1-7(13)11(15)14-8(2)9-5-3-4-6-10(9)12/h3-8H,1-2H3,(H,14,15). The van der Waals surface area contributed by atoms with Crippen LogP contribution in [0.4, 0.5) is 0 Å². The Balaban J connectivity index is 2.73. The summed E-state index contributed by atoms with van der Waals surface area (Å²) in [4.78, 5) is 11.4. The van der Waals surface area contributed by atoms with Crippen LogP contribution in [0.5, 0.6) is 0 Å². The van der Waals surface area contributed by atoms with Gasteiger partial charge >= 0.3 is 0 Å². The number of halogens is 2. The van der Waals surface area contributed by atoms with Crippen LogP contribution in [0.3, 0.4) is 0 Å². The molecule has 0 aliphatic rings. The molecular weight excluding hydrogens is 277 g/mol. The molecule has 0 aliphatic carbocycles. The van der Waals surface area contributed by atoms with Crippen molar-refractivity contribution in [3.63, 3.8) is 0 Å². The Labute approximate surface area is 103 Å². The number of rotatable bonds is 3. The summed E-state index contributed by atoms with van der Waals surface area (Å²) in [5, 5.41) is 2.33. The van der Waals surface area contributed by atoms with E-state index in [9.17, 15) is 4.79 Å². The largest absolute Gasteiger partial charge is 0.348 e. The minimum absolute atomic E-state index is 0.0470. The van der Waals surface area contributed by atoms with Crippen LogP contribution in [0, 0.1) is 0 Å². The summed E-state index contributed by atoms with van der Waals surface area (Å²) in [6, 6.07) is 7.74. The van der Waals surface area contributed by atoms with Crippen LogP contribution in [0.2, 0.25) is 0 Å². The molecule has 0 heterocycles. The number of hydrogen-bond acceptors (Lipinski definition) is 1. The molecule has 0 bridgehead atoms. The van der Waals surface area contributed by atoms with Gasteiger partial charge in [-0.05, 0) is 25.5 Å². The smallest absolute Gasteiger partial charge is 0.238 e. The van der Waals surface area contributed by atoms with E-state index in [1.807, 2.05) is 31.2 Å². The van der Waals surface area contributed by atoms with Gasteiger partial charge in [0, 0.05) is 4.47 Å². The Morgan fingerprint density at radius 2 is 2.00 bits per heavy atom. The van der Waals surface area contributed by atoms with Crippen LogP contribution in [0.15, 0.2) is 28.7 Å². The summed E-state index contributed by atoms with van der Waals surface area (Å²) in [6.45, 7) is 3.58. The topological polar surface area (TPSA) is 29.1 Å². The molecule has 2 atom stereocenters. The quantitative estimate of drug-likeness (QED) is 0.851. The Bertz CT molecular complexity index is 354. The molecular formula is C11H13BrClNO. The number of carbonyl (C=O) groups excluding carboxylic acids is 1. The molecule has 1 amide bonds. The molecule has 0 radical (unpaired) electrons. The molecule has 0 saturated carbocycles. The molecule has 1 rings (SSSR count). The van der Waals surface area contributed by atoms with E-state index in [-0.39, 0.29) is 11.9 Å². The summed E-state index contributed by atoms with van der Waals surface area (Å²) < 4.78 is 0.986. The van der Waals surface area contributed by atoms with E-state index in [0.717, 1.165) is 10.0 Å². The fourth-order valence-electron chi connectivity index (χ4n) is 1.23. The Morgan fingerprint density at radius 1 is 1.40 bits per heavy atom. The van der Waals surface area contributed by atoms with Gasteiger partial charge in [-0.15, -0.1) is 11.6 Å². The Kier molecular flexibility index (Phi) is 4.61. The lowest BCUT2D eigenvalue weighted by Crippen LogP contribution is -2.32. The summed E-state index contributed by atoms with van der Waals surface area (Å²) >= 11 is 9.12. The van der Waals surface area contributed by atoms with Crippen molar-refractivity contribution < 1.29 is 4.79 Å². The van der Waals surface area contributed by atoms with E-state index < -0.39 is 5.38 Å². The van der Waals surface area contributed by atoms with Gasteiger partial charge in [0.25, 0.3) is 0 Å². The van der Waals surface area contributed by atoms with Crippen molar-refractivity contribution in [1.82, 2.24) is 5.32 Å². The molecule has 15 heavy (non-hydrogen) atoms. The number of alkyl halides is 1. The van der Waals surface area contributed by atoms with E-state index in [0.29, 0.717) is 0 Å². The van der Waals surface area contributed by atoms with E-state index in [1.165, 1.54) is 0 Å². The predicted octanol–water partition coefficient (Wildman–Crippen LogP) is 3.25. The van der Waals surface area contributed by atoms with Gasteiger partial charge in [-0.1, -0.05) is 34.1 Å². The van der Waals surface area contributed by atoms with E-state index in [4.69, 9.17) is 11.6 Å². The lowest BCUT2D eigenvalue weighted by Gasteiger charge is -2.16. The summed E-state index contributed by atoms with van der Waals surface area (Å²) in [5.74, 6) is -0.153. The number of hydrogen-bond donors (Lipinski definition) is 1. The number of carbonyl (C=O) groups is 1. The molecule has 0 aromatic heterocycles. The van der Waals surface area contributed by atoms with Crippen LogP contribution in [-0.4, -0.2) is 11.3 Å². The van der Waals surface area contributed by atoms with Gasteiger partial charge in [0.15, 0.2) is 0 Å². The molecule has 2 nitrogen and oxygen atoms in total. The fraction of sp³-hybridized carbons (Fsp3) is 0.364. The second-order valence-corrected chi connectivity index (χ2v) is 4.88. The van der Waals surface area contributed by atoms with Crippen LogP contribution < -0.4 is 5.32 Å². The predicted molar refractivity (Wildman–Crippen MR) is 66.0 cm³/mol. The number of benzene rings is 1. The first-order valence-electron chi connectivity index (χ1n) is 4.71. The third-order valence-electron chi connectivity index (χ3n) is 2.09. The summed E-state index contributed by atoms with van der Waals surface area (Å²) in [7, 11) is 0. The molecule has 0 aliphatic heterocycles. The van der Waals surface area contributed by atoms with Gasteiger partial charge in [-0.25, -0.2) is 0 Å². The van der Waals surface area contributed by atoms with E-state index in [2.05, 4.69) is 21.2 Å². The second kappa shape index (κ2) is 5.52. The van der Waals surface area contributed by atoms with E-state index >= 15 is 0 Å². The zero-order valence-corrected chi connectivity index (χ0v) is 11.0. The zero-order chi connectivity index (χ0) is 11.4. The van der Waals surface area contributed by atoms with Crippen LogP contribution >= 0.6 is 27.5 Å². The molecule has 2 unspecified atom stereocenters. The van der Waals surface area contributed by atoms with Gasteiger partial charge < -0.3 is 5.32 Å². The normalized spacial score (nSPS) is 14.4. The van der Waals surface area contributed by atoms with Crippen molar-refractivity contribution >= 4 is 33.4 Å². The molecule has 0 saturated heterocycles. The molecule has 1 N–H and O–H groups in total. The third-order valence-corrected chi connectivity index (χ3v) is 3.01. The van der Waals surface area contributed by atoms with Gasteiger partial charge in [-0.3, -0.25) is 4.79 Å². The number of nitrogens with one attached hydrogen (secondary N) is 1. The van der Waals surface area contributed by atoms with Gasteiger partial charge in [-0.2, -0.15) is 0 Å². The first-order chi connectivity index (χ1) is 7.02. The van der Waals surface area contributed by atoms with Crippen molar-refractivity contribution in [3.05, 3.63) is 34.3 Å². The maximum absolute atomic E-state index is 11.4. The van der Waals surface area contributed by atoms with Gasteiger partial charge in [0.1, 0.15) is 5.38 Å². The Morgan fingerprint density at radius 3 is 2.53 bits per heavy atom. The lowest BCUT2D eigenvalue weighted by molar-refractivity contribution is -0.121. The van der Waals surface area contributed by atoms with Gasteiger partial charge in [0.2, 0.25) is 5.91 Å². The van der Waals surface area contributed by atoms with Crippen molar-refractivity contribution in [1.29, 1.82) is 0 Å². The maximum Gasteiger partial charge on any atom is 0.238 e. The Hall–Kier alpha value is -0.540. The van der Waals surface area contributed by atoms with Crippen molar-refractivity contribution in [2.24, 2.45) is 0 Å². The minimum Gasteiger partial charge on any atom is -0.348 e. The molecule has 82 valence electrons. The average Bonchev–Trinajstić information content (AvgIpc) is 2.18. The highest BCUT2D eigenvalue weighted by molar-refractivity contribution is 9.10. The fourth-order valence-corrected chi connectivity index (χ4v) is 1.92. The van der Waals surface area contributed by atoms with Crippen molar-refractivity contribution in [3.8, 4) is 0 Å². The molecule has 0 fully saturated rings. The van der Waals surface area contributed by atoms with Crippen LogP contribution in [0.1, 0.15) is 25.5 Å². The van der Waals surface area contributed by atoms with Crippen LogP contribution in [-0.2, 0) is 4.79 Å². The summed E-state index contributed by atoms with van der Waals surface area (Å²) in [5.41, 5.74) is 1.04. The monoisotopic (exact) mass is 289 g/mol. The maximum atomic E-state index is 11.4. The highest BCUT2D eigenvalue weighted by Gasteiger charge is 2.14. The highest BCUT2D eigenvalue weighted by Crippen LogP contribution is 2.22. The highest BCUT2D eigenvalue weighted by atomic mass is 79.9. The first-order valence-corrected chi connectivity index (χ1v) is 5.94. The lowest BCUT2D eigenvalue weighted by atomic mass is 10.1. The number of amides is 1. The molecule has 0 spiro atoms. The molecule has 4 heteroatoms. The van der Waals surface area contributed by atoms with Gasteiger partial charge in [0.05, 0.1) is 6.04 Å². The zero-order valence-electron chi connectivity index (χ0n) is 8.63.